The molecule has 1 aromatic carbocycles. The van der Waals surface area contributed by atoms with Crippen LogP contribution in [0.2, 0.25) is 0 Å². The maximum absolute atomic E-state index is 12.9. The lowest BCUT2D eigenvalue weighted by atomic mass is 10.1. The number of nitrogens with zero attached hydrogens (tertiary/aromatic N) is 1. The number of amides is 1. The van der Waals surface area contributed by atoms with Crippen LogP contribution in [0.4, 0.5) is 4.39 Å². The maximum Gasteiger partial charge on any atom is 0.323 e. The second-order valence-corrected chi connectivity index (χ2v) is 5.15. The smallest absolute Gasteiger partial charge is 0.323 e. The molecule has 108 valence electrons. The minimum atomic E-state index is -0.995. The molecular weight excluding hydrogens is 261 g/mol. The minimum Gasteiger partial charge on any atom is -0.480 e. The van der Waals surface area contributed by atoms with Crippen LogP contribution in [0.25, 0.3) is 0 Å². The molecular formula is C15H18FNO3. The van der Waals surface area contributed by atoms with Gasteiger partial charge in [-0.2, -0.15) is 0 Å². The van der Waals surface area contributed by atoms with Gasteiger partial charge in [0, 0.05) is 12.5 Å². The Labute approximate surface area is 117 Å². The van der Waals surface area contributed by atoms with Crippen molar-refractivity contribution in [1.29, 1.82) is 0 Å². The molecule has 0 radical (unpaired) electrons. The number of rotatable bonds is 6. The average molecular weight is 279 g/mol. The lowest BCUT2D eigenvalue weighted by Gasteiger charge is -2.20. The zero-order valence-corrected chi connectivity index (χ0v) is 11.4. The summed E-state index contributed by atoms with van der Waals surface area (Å²) in [5.41, 5.74) is 0.941. The largest absolute Gasteiger partial charge is 0.480 e. The second kappa shape index (κ2) is 6.03. The van der Waals surface area contributed by atoms with E-state index >= 15 is 0 Å². The summed E-state index contributed by atoms with van der Waals surface area (Å²) in [5.74, 6) is -1.47. The van der Waals surface area contributed by atoms with Crippen molar-refractivity contribution in [2.75, 3.05) is 13.1 Å². The first-order valence-electron chi connectivity index (χ1n) is 6.79. The molecule has 1 amide bonds. The van der Waals surface area contributed by atoms with Crippen LogP contribution in [0.15, 0.2) is 24.3 Å². The molecule has 1 aliphatic rings. The van der Waals surface area contributed by atoms with Crippen molar-refractivity contribution in [1.82, 2.24) is 4.90 Å². The summed E-state index contributed by atoms with van der Waals surface area (Å²) >= 11 is 0. The minimum absolute atomic E-state index is 0.0938. The number of halogens is 1. The van der Waals surface area contributed by atoms with Crippen molar-refractivity contribution >= 4 is 11.9 Å². The van der Waals surface area contributed by atoms with E-state index < -0.39 is 5.97 Å². The van der Waals surface area contributed by atoms with E-state index in [9.17, 15) is 14.0 Å². The fraction of sp³-hybridized carbons (Fsp3) is 0.467. The number of carbonyl (C=O) groups is 2. The summed E-state index contributed by atoms with van der Waals surface area (Å²) in [5, 5.41) is 8.84. The van der Waals surface area contributed by atoms with Crippen molar-refractivity contribution in [3.63, 3.8) is 0 Å². The summed E-state index contributed by atoms with van der Waals surface area (Å²) < 4.78 is 12.9. The number of hydrogen-bond donors (Lipinski definition) is 1. The number of carboxylic acids is 1. The molecule has 1 aliphatic carbocycles. The molecule has 0 aliphatic heterocycles. The molecule has 2 unspecified atom stereocenters. The molecule has 5 heteroatoms. The molecule has 2 rings (SSSR count). The predicted molar refractivity (Wildman–Crippen MR) is 71.8 cm³/mol. The number of carboxylic acid groups (broad SMARTS) is 1. The van der Waals surface area contributed by atoms with Gasteiger partial charge in [0.15, 0.2) is 0 Å². The van der Waals surface area contributed by atoms with Crippen LogP contribution >= 0.6 is 0 Å². The second-order valence-electron chi connectivity index (χ2n) is 5.15. The Bertz CT molecular complexity index is 500. The molecule has 1 aromatic rings. The maximum atomic E-state index is 12.9. The predicted octanol–water partition coefficient (Wildman–Crippen LogP) is 2.25. The van der Waals surface area contributed by atoms with Gasteiger partial charge in [-0.25, -0.2) is 4.39 Å². The average Bonchev–Trinajstić information content (AvgIpc) is 3.18. The summed E-state index contributed by atoms with van der Waals surface area (Å²) in [6, 6.07) is 6.15. The summed E-state index contributed by atoms with van der Waals surface area (Å²) in [6.45, 7) is 2.11. The van der Waals surface area contributed by atoms with Gasteiger partial charge in [0.1, 0.15) is 12.4 Å². The van der Waals surface area contributed by atoms with E-state index in [2.05, 4.69) is 0 Å². The van der Waals surface area contributed by atoms with Crippen LogP contribution < -0.4 is 0 Å². The van der Waals surface area contributed by atoms with Crippen molar-refractivity contribution in [2.45, 2.75) is 25.7 Å². The standard InChI is InChI=1S/C15H18FNO3/c1-2-7-17(9-14(18)19)15(20)13-8-12(13)10-3-5-11(16)6-4-10/h3-6,12-13H,2,7-9H2,1H3,(H,18,19). The van der Waals surface area contributed by atoms with E-state index in [-0.39, 0.29) is 30.1 Å². The molecule has 20 heavy (non-hydrogen) atoms. The fourth-order valence-electron chi connectivity index (χ4n) is 2.48. The van der Waals surface area contributed by atoms with Gasteiger partial charge in [-0.3, -0.25) is 9.59 Å². The third kappa shape index (κ3) is 3.35. The van der Waals surface area contributed by atoms with Gasteiger partial charge in [0.2, 0.25) is 5.91 Å². The SMILES string of the molecule is CCCN(CC(=O)O)C(=O)C1CC1c1ccc(F)cc1. The van der Waals surface area contributed by atoms with Crippen molar-refractivity contribution in [3.8, 4) is 0 Å². The van der Waals surface area contributed by atoms with Gasteiger partial charge >= 0.3 is 5.97 Å². The Kier molecular flexibility index (Phi) is 4.37. The molecule has 0 saturated heterocycles. The fourth-order valence-corrected chi connectivity index (χ4v) is 2.48. The third-order valence-corrected chi connectivity index (χ3v) is 3.54. The summed E-state index contributed by atoms with van der Waals surface area (Å²) in [4.78, 5) is 24.5. The topological polar surface area (TPSA) is 57.6 Å². The molecule has 2 atom stereocenters. The summed E-state index contributed by atoms with van der Waals surface area (Å²) in [6.07, 6.45) is 1.44. The number of benzene rings is 1. The van der Waals surface area contributed by atoms with Crippen LogP contribution in [-0.4, -0.2) is 35.0 Å². The molecule has 4 nitrogen and oxygen atoms in total. The van der Waals surface area contributed by atoms with Gasteiger partial charge in [0.25, 0.3) is 0 Å². The zero-order valence-electron chi connectivity index (χ0n) is 11.4. The number of aliphatic carboxylic acids is 1. The monoisotopic (exact) mass is 279 g/mol. The highest BCUT2D eigenvalue weighted by Crippen LogP contribution is 2.48. The van der Waals surface area contributed by atoms with Crippen LogP contribution in [0, 0.1) is 11.7 Å². The molecule has 0 heterocycles. The molecule has 0 bridgehead atoms. The summed E-state index contributed by atoms with van der Waals surface area (Å²) in [7, 11) is 0. The van der Waals surface area contributed by atoms with Crippen LogP contribution in [0.5, 0.6) is 0 Å². The Morgan fingerprint density at radius 3 is 2.55 bits per heavy atom. The van der Waals surface area contributed by atoms with E-state index in [1.54, 1.807) is 12.1 Å². The Hall–Kier alpha value is -1.91. The highest BCUT2D eigenvalue weighted by molar-refractivity contribution is 5.86. The third-order valence-electron chi connectivity index (χ3n) is 3.54. The lowest BCUT2D eigenvalue weighted by Crippen LogP contribution is -2.37. The molecule has 1 saturated carbocycles. The molecule has 0 aromatic heterocycles. The lowest BCUT2D eigenvalue weighted by molar-refractivity contribution is -0.145. The number of carbonyl (C=O) groups excluding carboxylic acids is 1. The van der Waals surface area contributed by atoms with Gasteiger partial charge in [-0.15, -0.1) is 0 Å². The van der Waals surface area contributed by atoms with Crippen molar-refractivity contribution in [3.05, 3.63) is 35.6 Å². The molecule has 1 fully saturated rings. The van der Waals surface area contributed by atoms with E-state index in [1.165, 1.54) is 17.0 Å². The first-order valence-corrected chi connectivity index (χ1v) is 6.79. The van der Waals surface area contributed by atoms with Crippen LogP contribution in [0.3, 0.4) is 0 Å². The molecule has 0 spiro atoms. The highest BCUT2D eigenvalue weighted by Gasteiger charge is 2.45. The molecule has 1 N–H and O–H groups in total. The van der Waals surface area contributed by atoms with E-state index in [0.717, 1.165) is 12.0 Å². The van der Waals surface area contributed by atoms with Crippen LogP contribution in [-0.2, 0) is 9.59 Å². The van der Waals surface area contributed by atoms with Gasteiger partial charge in [-0.05, 0) is 36.5 Å². The quantitative estimate of drug-likeness (QED) is 0.869. The van der Waals surface area contributed by atoms with Gasteiger partial charge in [-0.1, -0.05) is 19.1 Å². The van der Waals surface area contributed by atoms with Gasteiger partial charge in [0.05, 0.1) is 0 Å². The zero-order chi connectivity index (χ0) is 14.7. The number of hydrogen-bond acceptors (Lipinski definition) is 2. The normalized spacial score (nSPS) is 20.5. The Balaban J connectivity index is 2.00. The van der Waals surface area contributed by atoms with Crippen LogP contribution in [0.1, 0.15) is 31.2 Å². The first kappa shape index (κ1) is 14.5. The Morgan fingerprint density at radius 2 is 2.00 bits per heavy atom. The van der Waals surface area contributed by atoms with E-state index in [0.29, 0.717) is 13.0 Å². The highest BCUT2D eigenvalue weighted by atomic mass is 19.1. The van der Waals surface area contributed by atoms with E-state index in [4.69, 9.17) is 5.11 Å². The van der Waals surface area contributed by atoms with Gasteiger partial charge < -0.3 is 10.0 Å². The first-order chi connectivity index (χ1) is 9.52. The van der Waals surface area contributed by atoms with E-state index in [1.807, 2.05) is 6.92 Å². The van der Waals surface area contributed by atoms with Crippen molar-refractivity contribution < 1.29 is 19.1 Å². The Morgan fingerprint density at radius 1 is 1.35 bits per heavy atom. The van der Waals surface area contributed by atoms with Crippen molar-refractivity contribution in [2.24, 2.45) is 5.92 Å².